The molecule has 2 aliphatic heterocycles. The van der Waals surface area contributed by atoms with E-state index in [4.69, 9.17) is 14.6 Å². The van der Waals surface area contributed by atoms with Crippen LogP contribution in [0.2, 0.25) is 0 Å². The zero-order valence-electron chi connectivity index (χ0n) is 23.6. The van der Waals surface area contributed by atoms with E-state index in [0.717, 1.165) is 47.3 Å². The Morgan fingerprint density at radius 3 is 2.77 bits per heavy atom. The SMILES string of the molecule is C=C1/C=C/c2c(OCC3CC3)nn(CCO)c2CN2CCCC2C(C)Oc2c(cnn2C)-c2cc1c(C)cc2F. The highest BCUT2D eigenvalue weighted by Crippen LogP contribution is 2.38. The summed E-state index contributed by atoms with van der Waals surface area (Å²) in [5, 5.41) is 19.1. The molecule has 9 heteroatoms. The number of aliphatic hydroxyl groups excluding tert-OH is 1. The van der Waals surface area contributed by atoms with Crippen LogP contribution in [0.1, 0.15) is 55.0 Å². The predicted octanol–water partition coefficient (Wildman–Crippen LogP) is 4.98. The summed E-state index contributed by atoms with van der Waals surface area (Å²) < 4.78 is 31.8. The van der Waals surface area contributed by atoms with Crippen molar-refractivity contribution in [2.75, 3.05) is 19.8 Å². The largest absolute Gasteiger partial charge is 0.476 e. The molecule has 3 aliphatic rings. The van der Waals surface area contributed by atoms with Gasteiger partial charge in [0.05, 0.1) is 42.8 Å². The third-order valence-electron chi connectivity index (χ3n) is 8.42. The molecule has 3 aromatic rings. The second-order valence-electron chi connectivity index (χ2n) is 11.4. The van der Waals surface area contributed by atoms with Crippen LogP contribution in [0.25, 0.3) is 22.8 Å². The molecule has 40 heavy (non-hydrogen) atoms. The lowest BCUT2D eigenvalue weighted by Crippen LogP contribution is -2.41. The van der Waals surface area contributed by atoms with Crippen LogP contribution in [0.4, 0.5) is 4.39 Å². The van der Waals surface area contributed by atoms with Crippen molar-refractivity contribution in [3.8, 4) is 22.9 Å². The van der Waals surface area contributed by atoms with E-state index >= 15 is 4.39 Å². The quantitative estimate of drug-likeness (QED) is 0.485. The summed E-state index contributed by atoms with van der Waals surface area (Å²) in [7, 11) is 1.82. The number of nitrogens with zero attached hydrogens (tertiary/aromatic N) is 5. The Morgan fingerprint density at radius 1 is 1.18 bits per heavy atom. The van der Waals surface area contributed by atoms with E-state index < -0.39 is 0 Å². The number of hydrogen-bond acceptors (Lipinski definition) is 6. The first-order chi connectivity index (χ1) is 19.3. The molecule has 0 spiro atoms. The highest BCUT2D eigenvalue weighted by molar-refractivity contribution is 5.83. The molecule has 2 unspecified atom stereocenters. The third kappa shape index (κ3) is 5.08. The van der Waals surface area contributed by atoms with Crippen LogP contribution in [0.5, 0.6) is 11.8 Å². The fraction of sp³-hybridized carbons (Fsp3) is 0.484. The zero-order chi connectivity index (χ0) is 28.0. The molecule has 0 radical (unpaired) electrons. The van der Waals surface area contributed by atoms with Gasteiger partial charge < -0.3 is 14.6 Å². The Bertz CT molecular complexity index is 1450. The van der Waals surface area contributed by atoms with Crippen molar-refractivity contribution in [1.82, 2.24) is 24.5 Å². The van der Waals surface area contributed by atoms with E-state index in [1.54, 1.807) is 16.9 Å². The highest BCUT2D eigenvalue weighted by atomic mass is 19.1. The van der Waals surface area contributed by atoms with E-state index in [1.807, 2.05) is 36.9 Å². The average molecular weight is 548 g/mol. The molecule has 212 valence electrons. The van der Waals surface area contributed by atoms with Crippen molar-refractivity contribution in [3.63, 3.8) is 0 Å². The lowest BCUT2D eigenvalue weighted by molar-refractivity contribution is 0.0920. The van der Waals surface area contributed by atoms with Crippen LogP contribution in [0, 0.1) is 18.7 Å². The van der Waals surface area contributed by atoms with E-state index in [2.05, 4.69) is 23.5 Å². The number of halogens is 1. The second-order valence-corrected chi connectivity index (χ2v) is 11.4. The second kappa shape index (κ2) is 10.9. The van der Waals surface area contributed by atoms with Gasteiger partial charge in [-0.2, -0.15) is 5.10 Å². The van der Waals surface area contributed by atoms with Crippen molar-refractivity contribution < 1.29 is 19.0 Å². The lowest BCUT2D eigenvalue weighted by atomic mass is 9.95. The van der Waals surface area contributed by atoms with Crippen molar-refractivity contribution in [1.29, 1.82) is 0 Å². The minimum atomic E-state index is -0.321. The first kappa shape index (κ1) is 26.8. The molecule has 1 aromatic carbocycles. The Labute approximate surface area is 234 Å². The van der Waals surface area contributed by atoms with Gasteiger partial charge in [0.1, 0.15) is 11.9 Å². The Morgan fingerprint density at radius 2 is 2.00 bits per heavy atom. The number of rotatable bonds is 5. The van der Waals surface area contributed by atoms with Gasteiger partial charge in [0.15, 0.2) is 0 Å². The molecule has 0 amide bonds. The fourth-order valence-electron chi connectivity index (χ4n) is 5.96. The topological polar surface area (TPSA) is 77.6 Å². The van der Waals surface area contributed by atoms with E-state index in [9.17, 15) is 5.11 Å². The molecule has 1 N–H and O–H groups in total. The lowest BCUT2D eigenvalue weighted by Gasteiger charge is -2.30. The number of ether oxygens (including phenoxy) is 2. The number of aryl methyl sites for hydroxylation is 2. The van der Waals surface area contributed by atoms with Crippen LogP contribution >= 0.6 is 0 Å². The minimum Gasteiger partial charge on any atom is -0.476 e. The molecule has 6 rings (SSSR count). The van der Waals surface area contributed by atoms with Crippen molar-refractivity contribution >= 4 is 11.6 Å². The maximum absolute atomic E-state index is 15.4. The number of benzene rings is 1. The van der Waals surface area contributed by atoms with Gasteiger partial charge in [-0.25, -0.2) is 9.07 Å². The van der Waals surface area contributed by atoms with Crippen LogP contribution in [0.15, 0.2) is 31.0 Å². The number of aliphatic hydroxyl groups is 1. The Hall–Kier alpha value is -3.43. The van der Waals surface area contributed by atoms with Crippen LogP contribution in [-0.2, 0) is 20.1 Å². The summed E-state index contributed by atoms with van der Waals surface area (Å²) >= 11 is 0. The monoisotopic (exact) mass is 547 g/mol. The fourth-order valence-corrected chi connectivity index (χ4v) is 5.96. The predicted molar refractivity (Wildman–Crippen MR) is 152 cm³/mol. The first-order valence-corrected chi connectivity index (χ1v) is 14.3. The molecule has 4 heterocycles. The van der Waals surface area contributed by atoms with Gasteiger partial charge in [-0.1, -0.05) is 12.7 Å². The van der Waals surface area contributed by atoms with Crippen LogP contribution < -0.4 is 9.47 Å². The third-order valence-corrected chi connectivity index (χ3v) is 8.42. The van der Waals surface area contributed by atoms with Gasteiger partial charge in [0.25, 0.3) is 0 Å². The van der Waals surface area contributed by atoms with E-state index in [1.165, 1.54) is 12.8 Å². The van der Waals surface area contributed by atoms with Gasteiger partial charge in [-0.05, 0) is 86.9 Å². The molecule has 2 aromatic heterocycles. The summed E-state index contributed by atoms with van der Waals surface area (Å²) in [4.78, 5) is 2.42. The molecule has 8 nitrogen and oxygen atoms in total. The normalized spacial score (nSPS) is 22.1. The van der Waals surface area contributed by atoms with Crippen LogP contribution in [-0.4, -0.2) is 61.5 Å². The summed E-state index contributed by atoms with van der Waals surface area (Å²) in [6.45, 7) is 10.9. The molecule has 1 saturated heterocycles. The van der Waals surface area contributed by atoms with Crippen molar-refractivity contribution in [2.45, 2.75) is 64.8 Å². The Balaban J connectivity index is 1.49. The van der Waals surface area contributed by atoms with Gasteiger partial charge in [-0.3, -0.25) is 9.58 Å². The number of allylic oxidation sites excluding steroid dienone is 2. The van der Waals surface area contributed by atoms with Crippen molar-refractivity contribution in [3.05, 3.63) is 59.2 Å². The Kier molecular flexibility index (Phi) is 7.27. The maximum Gasteiger partial charge on any atom is 0.240 e. The van der Waals surface area contributed by atoms with Crippen LogP contribution in [0.3, 0.4) is 0 Å². The molecular formula is C31H38FN5O3. The molecule has 2 bridgehead atoms. The first-order valence-electron chi connectivity index (χ1n) is 14.3. The number of aromatic nitrogens is 4. The summed E-state index contributed by atoms with van der Waals surface area (Å²) in [5.41, 5.74) is 5.35. The number of fused-ring (bicyclic) bond motifs is 6. The summed E-state index contributed by atoms with van der Waals surface area (Å²) in [5.74, 6) is 1.39. The molecular weight excluding hydrogens is 509 g/mol. The molecule has 1 saturated carbocycles. The smallest absolute Gasteiger partial charge is 0.240 e. The minimum absolute atomic E-state index is 0.0175. The molecule has 2 fully saturated rings. The van der Waals surface area contributed by atoms with Crippen molar-refractivity contribution in [2.24, 2.45) is 13.0 Å². The summed E-state index contributed by atoms with van der Waals surface area (Å²) in [6.07, 6.45) is 9.89. The zero-order valence-corrected chi connectivity index (χ0v) is 23.6. The standard InChI is InChI=1S/C31H38FN5O3/c1-19-7-10-23-29(37(12-13-38)34-30(23)39-18-22-8-9-22)17-36-11-5-6-28(36)21(3)40-31-26(16-33-35(31)4)25-15-24(19)20(2)14-27(25)32/h7,10,14-16,21-22,28,38H,1,5-6,8-9,11-13,17-18H2,2-4H3/b10-7+. The van der Waals surface area contributed by atoms with E-state index in [0.29, 0.717) is 48.5 Å². The van der Waals surface area contributed by atoms with E-state index in [-0.39, 0.29) is 24.6 Å². The highest BCUT2D eigenvalue weighted by Gasteiger charge is 2.34. The van der Waals surface area contributed by atoms with Gasteiger partial charge in [0.2, 0.25) is 11.8 Å². The number of hydrogen-bond donors (Lipinski definition) is 1. The van der Waals surface area contributed by atoms with Gasteiger partial charge in [-0.15, -0.1) is 5.10 Å². The summed E-state index contributed by atoms with van der Waals surface area (Å²) in [6, 6.07) is 3.54. The average Bonchev–Trinajstić information content (AvgIpc) is 3.39. The molecule has 2 atom stereocenters. The van der Waals surface area contributed by atoms with Gasteiger partial charge >= 0.3 is 0 Å². The van der Waals surface area contributed by atoms with Gasteiger partial charge in [0, 0.05) is 25.2 Å². The maximum atomic E-state index is 15.4. The molecule has 1 aliphatic carbocycles.